The van der Waals surface area contributed by atoms with Crippen LogP contribution in [0.15, 0.2) is 65.6 Å². The summed E-state index contributed by atoms with van der Waals surface area (Å²) in [7, 11) is -1.05. The normalized spacial score (nSPS) is 20.9. The predicted molar refractivity (Wildman–Crippen MR) is 184 cm³/mol. The van der Waals surface area contributed by atoms with Crippen molar-refractivity contribution in [2.45, 2.75) is 43.2 Å². The fraction of sp³-hybridized carbons (Fsp3) is 0.429. The number of hydrogen-bond acceptors (Lipinski definition) is 8. The van der Waals surface area contributed by atoms with E-state index in [4.69, 9.17) is 21.1 Å². The number of amides is 3. The number of halogens is 1. The lowest BCUT2D eigenvalue weighted by molar-refractivity contribution is -0.121. The second-order valence-electron chi connectivity index (χ2n) is 12.6. The highest BCUT2D eigenvalue weighted by Crippen LogP contribution is 2.50. The molecule has 11 nitrogen and oxygen atoms in total. The Hall–Kier alpha value is -3.84. The van der Waals surface area contributed by atoms with Gasteiger partial charge in [0.2, 0.25) is 0 Å². The Balaban J connectivity index is 1.43. The minimum atomic E-state index is -4.56. The van der Waals surface area contributed by atoms with Gasteiger partial charge in [-0.2, -0.15) is 4.31 Å². The number of methoxy groups -OCH3 is 1. The average Bonchev–Trinajstić information content (AvgIpc) is 3.32. The molecule has 1 atom stereocenters. The van der Waals surface area contributed by atoms with E-state index in [2.05, 4.69) is 22.2 Å². The van der Waals surface area contributed by atoms with Crippen molar-refractivity contribution in [3.63, 3.8) is 0 Å². The summed E-state index contributed by atoms with van der Waals surface area (Å²) in [6.07, 6.45) is 2.17. The molecule has 256 valence electrons. The van der Waals surface area contributed by atoms with Gasteiger partial charge in [0.15, 0.2) is 5.54 Å². The molecule has 3 heterocycles. The number of piperidine rings is 1. The van der Waals surface area contributed by atoms with E-state index in [-0.39, 0.29) is 33.5 Å². The average molecular weight is 696 g/mol. The summed E-state index contributed by atoms with van der Waals surface area (Å²) in [5.41, 5.74) is -0.605. The van der Waals surface area contributed by atoms with Crippen LogP contribution in [0.3, 0.4) is 0 Å². The minimum Gasteiger partial charge on any atom is -0.495 e. The molecule has 0 bridgehead atoms. The molecule has 3 aromatic rings. The molecule has 0 aliphatic carbocycles. The van der Waals surface area contributed by atoms with Gasteiger partial charge in [0, 0.05) is 48.4 Å². The van der Waals surface area contributed by atoms with Crippen LogP contribution in [-0.2, 0) is 20.4 Å². The molecular formula is C35H42ClN5O6S. The van der Waals surface area contributed by atoms with Crippen LogP contribution in [-0.4, -0.2) is 101 Å². The number of piperazine rings is 1. The van der Waals surface area contributed by atoms with Crippen molar-refractivity contribution in [3.8, 4) is 11.5 Å². The molecule has 0 aromatic heterocycles. The van der Waals surface area contributed by atoms with E-state index in [9.17, 15) is 13.2 Å². The number of nitrogens with one attached hydrogen (secondary N) is 1. The molecule has 3 aromatic carbocycles. The lowest BCUT2D eigenvalue weighted by Crippen LogP contribution is -2.61. The predicted octanol–water partition coefficient (Wildman–Crippen LogP) is 4.46. The second-order valence-corrected chi connectivity index (χ2v) is 14.7. The van der Waals surface area contributed by atoms with E-state index in [1.165, 1.54) is 31.4 Å². The van der Waals surface area contributed by atoms with Gasteiger partial charge in [0.1, 0.15) is 16.4 Å². The largest absolute Gasteiger partial charge is 0.495 e. The zero-order chi connectivity index (χ0) is 34.2. The number of carbonyl (C=O) groups excluding carboxylic acids is 2. The highest BCUT2D eigenvalue weighted by molar-refractivity contribution is 7.93. The van der Waals surface area contributed by atoms with Crippen LogP contribution in [0.4, 0.5) is 10.5 Å². The van der Waals surface area contributed by atoms with Gasteiger partial charge in [-0.1, -0.05) is 35.9 Å². The van der Waals surface area contributed by atoms with Crippen molar-refractivity contribution in [1.29, 1.82) is 0 Å². The molecule has 3 aliphatic rings. The Morgan fingerprint density at radius 1 is 0.958 bits per heavy atom. The van der Waals surface area contributed by atoms with Crippen LogP contribution >= 0.6 is 11.6 Å². The number of hydrogen-bond donors (Lipinski definition) is 1. The maximum absolute atomic E-state index is 15.1. The third kappa shape index (κ3) is 5.99. The Bertz CT molecular complexity index is 1810. The topological polar surface area (TPSA) is 112 Å². The second kappa shape index (κ2) is 13.6. The monoisotopic (exact) mass is 695 g/mol. The number of likely N-dealkylation sites (tertiary alicyclic amines) is 1. The number of rotatable bonds is 8. The quantitative estimate of drug-likeness (QED) is 0.368. The number of nitrogens with zero attached hydrogens (tertiary/aromatic N) is 4. The van der Waals surface area contributed by atoms with Crippen LogP contribution in [0, 0.1) is 6.92 Å². The molecule has 6 rings (SSSR count). The third-order valence-electron chi connectivity index (χ3n) is 9.62. The number of sulfonamides is 1. The number of urea groups is 1. The van der Waals surface area contributed by atoms with E-state index in [1.807, 2.05) is 13.8 Å². The molecule has 1 N–H and O–H groups in total. The van der Waals surface area contributed by atoms with Gasteiger partial charge in [-0.15, -0.1) is 0 Å². The molecule has 1 unspecified atom stereocenters. The lowest BCUT2D eigenvalue weighted by Gasteiger charge is -2.43. The van der Waals surface area contributed by atoms with E-state index in [0.717, 1.165) is 35.8 Å². The van der Waals surface area contributed by atoms with Gasteiger partial charge in [-0.05, 0) is 88.8 Å². The fourth-order valence-corrected chi connectivity index (χ4v) is 8.86. The summed E-state index contributed by atoms with van der Waals surface area (Å²) >= 11 is 6.55. The zero-order valence-corrected chi connectivity index (χ0v) is 29.3. The first kappa shape index (κ1) is 34.0. The summed E-state index contributed by atoms with van der Waals surface area (Å²) in [5, 5.41) is 3.31. The van der Waals surface area contributed by atoms with E-state index < -0.39 is 27.5 Å². The van der Waals surface area contributed by atoms with Crippen LogP contribution in [0.25, 0.3) is 0 Å². The molecule has 0 saturated carbocycles. The molecule has 3 amide bonds. The summed E-state index contributed by atoms with van der Waals surface area (Å²) in [5.74, 6) is -0.455. The van der Waals surface area contributed by atoms with E-state index >= 15 is 4.79 Å². The molecular weight excluding hydrogens is 654 g/mol. The van der Waals surface area contributed by atoms with Crippen LogP contribution < -0.4 is 19.1 Å². The molecule has 2 fully saturated rings. The van der Waals surface area contributed by atoms with Gasteiger partial charge >= 0.3 is 6.03 Å². The van der Waals surface area contributed by atoms with E-state index in [1.54, 1.807) is 41.3 Å². The number of fused-ring (bicyclic) bond motifs is 1. The van der Waals surface area contributed by atoms with Gasteiger partial charge in [0.05, 0.1) is 19.4 Å². The van der Waals surface area contributed by atoms with Crippen LogP contribution in [0.2, 0.25) is 5.02 Å². The zero-order valence-electron chi connectivity index (χ0n) is 27.7. The molecule has 0 radical (unpaired) electrons. The molecule has 48 heavy (non-hydrogen) atoms. The van der Waals surface area contributed by atoms with Gasteiger partial charge < -0.3 is 24.6 Å². The lowest BCUT2D eigenvalue weighted by atomic mass is 9.83. The highest BCUT2D eigenvalue weighted by Gasteiger charge is 2.59. The Labute approximate surface area is 287 Å². The first-order chi connectivity index (χ1) is 23.0. The first-order valence-corrected chi connectivity index (χ1v) is 18.1. The van der Waals surface area contributed by atoms with Crippen molar-refractivity contribution < 1.29 is 27.5 Å². The van der Waals surface area contributed by atoms with Crippen LogP contribution in [0.5, 0.6) is 11.5 Å². The maximum atomic E-state index is 15.1. The van der Waals surface area contributed by atoms with Gasteiger partial charge in [-0.3, -0.25) is 9.69 Å². The number of carbonyl (C=O) groups is 2. The summed E-state index contributed by atoms with van der Waals surface area (Å²) in [4.78, 5) is 35.7. The molecule has 0 spiro atoms. The Kier molecular flexibility index (Phi) is 9.63. The molecule has 3 aliphatic heterocycles. The maximum Gasteiger partial charge on any atom is 0.318 e. The van der Waals surface area contributed by atoms with E-state index in [0.29, 0.717) is 43.5 Å². The summed E-state index contributed by atoms with van der Waals surface area (Å²) in [6.45, 7) is 8.32. The van der Waals surface area contributed by atoms with Gasteiger partial charge in [-0.25, -0.2) is 13.2 Å². The number of para-hydroxylation sites is 1. The first-order valence-electron chi connectivity index (χ1n) is 16.3. The van der Waals surface area contributed by atoms with Gasteiger partial charge in [0.25, 0.3) is 15.9 Å². The SMILES string of the molecule is CCOc1ccccc1C1(NC(=O)N2CCN(C3CCN(C)CC3)CC2)C(=O)N(S(=O)(=O)c2ccc(C)cc2OC)c2ccc(Cl)cc21. The van der Waals surface area contributed by atoms with Crippen LogP contribution in [0.1, 0.15) is 36.5 Å². The smallest absolute Gasteiger partial charge is 0.318 e. The van der Waals surface area contributed by atoms with Crippen molar-refractivity contribution in [2.75, 3.05) is 64.3 Å². The fourth-order valence-electron chi connectivity index (χ4n) is 7.08. The number of ether oxygens (including phenoxy) is 2. The summed E-state index contributed by atoms with van der Waals surface area (Å²) in [6, 6.07) is 16.1. The number of anilines is 1. The number of benzene rings is 3. The minimum absolute atomic E-state index is 0.0747. The third-order valence-corrected chi connectivity index (χ3v) is 11.6. The number of aryl methyl sites for hydroxylation is 1. The molecule has 2 saturated heterocycles. The van der Waals surface area contributed by atoms with Crippen molar-refractivity contribution in [1.82, 2.24) is 20.0 Å². The standard InChI is InChI=1S/C35H42ClN5O6S/c1-5-47-30-9-7-6-8-27(30)35(37-34(43)40-20-18-39(19-21-40)26-14-16-38(3)17-15-26)28-23-25(36)11-12-29(28)41(33(35)42)48(44,45)32-13-10-24(2)22-31(32)46-4/h6-13,22-23,26H,5,14-21H2,1-4H3,(H,37,43). The Morgan fingerprint density at radius 3 is 2.35 bits per heavy atom. The van der Waals surface area contributed by atoms with Crippen molar-refractivity contribution in [2.24, 2.45) is 0 Å². The van der Waals surface area contributed by atoms with Crippen molar-refractivity contribution >= 4 is 39.2 Å². The summed E-state index contributed by atoms with van der Waals surface area (Å²) < 4.78 is 41.3. The van der Waals surface area contributed by atoms with Crippen molar-refractivity contribution in [3.05, 3.63) is 82.4 Å². The molecule has 13 heteroatoms. The highest BCUT2D eigenvalue weighted by atomic mass is 35.5. The Morgan fingerprint density at radius 2 is 1.67 bits per heavy atom.